The van der Waals surface area contributed by atoms with Crippen molar-refractivity contribution in [2.45, 2.75) is 52.4 Å². The molecular weight excluding hydrogens is 868 g/mol. The Balaban J connectivity index is 0.00000441. The van der Waals surface area contributed by atoms with Crippen molar-refractivity contribution in [3.05, 3.63) is 176 Å². The van der Waals surface area contributed by atoms with Crippen LogP contribution in [0.1, 0.15) is 52.7 Å². The van der Waals surface area contributed by atoms with E-state index in [1.54, 1.807) is 0 Å². The Kier molecular flexibility index (Phi) is 9.63. The van der Waals surface area contributed by atoms with Crippen molar-refractivity contribution in [3.8, 4) is 28.4 Å². The van der Waals surface area contributed by atoms with E-state index in [0.29, 0.717) is 11.5 Å². The summed E-state index contributed by atoms with van der Waals surface area (Å²) in [6, 6.07) is 56.1. The molecule has 0 saturated carbocycles. The molecule has 0 amide bonds. The molecule has 0 unspecified atom stereocenters. The first-order valence-electron chi connectivity index (χ1n) is 18.9. The first-order chi connectivity index (χ1) is 26.5. The number of rotatable bonds is 6. The van der Waals surface area contributed by atoms with E-state index >= 15 is 0 Å². The summed E-state index contributed by atoms with van der Waals surface area (Å²) in [6.45, 7) is 15.6. The fraction of sp³-hybridized carbons (Fsp3) is 0.160. The molecule has 56 heavy (non-hydrogen) atoms. The van der Waals surface area contributed by atoms with Gasteiger partial charge >= 0.3 is 0 Å². The maximum Gasteiger partial charge on any atom is 0.135 e. The SMILES string of the molecule is CC(C)(C)c1ccnc(-n2c3[c-]c(Oc4[c-]c(N5[CH-]N(c6cccc(-c7ccccc7)c6)c6cc(C(C)(C)C)ccc65)ccc4)ccc3c3ccccc32)c1.[Pt]. The largest absolute Gasteiger partial charge is 0.509 e. The minimum absolute atomic E-state index is 0. The standard InChI is InChI=1S/C50H43N4O.Pt/c1-49(2,3)36-22-25-45-47(29-36)53(38-17-12-16-35(28-38)34-14-8-7-9-15-34)33-52(45)39-18-13-19-40(31-39)55-41-23-24-43-42-20-10-11-21-44(42)54(46(43)32-41)48-30-37(26-27-51-48)50(4,5)6;/h7-30,33H,1-6H3;/q-3;. The van der Waals surface area contributed by atoms with Gasteiger partial charge in [0.2, 0.25) is 0 Å². The Morgan fingerprint density at radius 1 is 0.571 bits per heavy atom. The zero-order valence-electron chi connectivity index (χ0n) is 32.4. The minimum Gasteiger partial charge on any atom is -0.509 e. The van der Waals surface area contributed by atoms with Crippen LogP contribution in [0.25, 0.3) is 38.8 Å². The molecule has 0 saturated heterocycles. The van der Waals surface area contributed by atoms with Crippen LogP contribution in [0, 0.1) is 18.8 Å². The van der Waals surface area contributed by atoms with Crippen molar-refractivity contribution in [1.82, 2.24) is 9.55 Å². The summed E-state index contributed by atoms with van der Waals surface area (Å²) < 4.78 is 8.77. The first kappa shape index (κ1) is 37.3. The molecule has 3 heterocycles. The number of para-hydroxylation sites is 1. The first-order valence-corrected chi connectivity index (χ1v) is 18.9. The third-order valence-corrected chi connectivity index (χ3v) is 10.5. The smallest absolute Gasteiger partial charge is 0.135 e. The molecule has 6 heteroatoms. The number of ether oxygens (including phenoxy) is 1. The van der Waals surface area contributed by atoms with E-state index < -0.39 is 0 Å². The van der Waals surface area contributed by atoms with Gasteiger partial charge in [0.05, 0.1) is 0 Å². The molecule has 0 radical (unpaired) electrons. The second kappa shape index (κ2) is 14.5. The Morgan fingerprint density at radius 2 is 1.29 bits per heavy atom. The van der Waals surface area contributed by atoms with Crippen molar-refractivity contribution in [3.63, 3.8) is 0 Å². The van der Waals surface area contributed by atoms with Crippen LogP contribution in [-0.4, -0.2) is 9.55 Å². The summed E-state index contributed by atoms with van der Waals surface area (Å²) in [5, 5.41) is 2.24. The van der Waals surface area contributed by atoms with Gasteiger partial charge in [-0.3, -0.25) is 0 Å². The van der Waals surface area contributed by atoms with Gasteiger partial charge in [0, 0.05) is 61.3 Å². The van der Waals surface area contributed by atoms with E-state index in [1.807, 2.05) is 24.4 Å². The van der Waals surface area contributed by atoms with E-state index in [2.05, 4.69) is 196 Å². The normalized spacial score (nSPS) is 12.9. The van der Waals surface area contributed by atoms with Crippen LogP contribution in [0.15, 0.2) is 146 Å². The number of hydrogen-bond donors (Lipinski definition) is 0. The number of hydrogen-bond acceptors (Lipinski definition) is 4. The molecule has 0 N–H and O–H groups in total. The van der Waals surface area contributed by atoms with Crippen molar-refractivity contribution < 1.29 is 25.8 Å². The van der Waals surface area contributed by atoms with Crippen molar-refractivity contribution in [2.75, 3.05) is 9.80 Å². The fourth-order valence-electron chi connectivity index (χ4n) is 7.42. The number of benzene rings is 6. The van der Waals surface area contributed by atoms with E-state index in [-0.39, 0.29) is 31.9 Å². The number of pyridine rings is 1. The van der Waals surface area contributed by atoms with Gasteiger partial charge < -0.3 is 19.1 Å². The molecule has 0 spiro atoms. The number of anilines is 4. The van der Waals surface area contributed by atoms with Crippen LogP contribution < -0.4 is 14.5 Å². The molecule has 0 fully saturated rings. The summed E-state index contributed by atoms with van der Waals surface area (Å²) in [5.74, 6) is 2.07. The maximum absolute atomic E-state index is 6.58. The Bertz CT molecular complexity index is 2700. The molecule has 6 aromatic carbocycles. The monoisotopic (exact) mass is 910 g/mol. The van der Waals surface area contributed by atoms with Gasteiger partial charge in [0.25, 0.3) is 0 Å². The van der Waals surface area contributed by atoms with Crippen molar-refractivity contribution in [1.29, 1.82) is 0 Å². The van der Waals surface area contributed by atoms with Crippen molar-refractivity contribution in [2.24, 2.45) is 0 Å². The molecule has 1 aliphatic rings. The molecule has 0 atom stereocenters. The van der Waals surface area contributed by atoms with E-state index in [1.165, 1.54) is 22.3 Å². The van der Waals surface area contributed by atoms with Crippen LogP contribution in [-0.2, 0) is 31.9 Å². The molecule has 1 aliphatic heterocycles. The van der Waals surface area contributed by atoms with Crippen LogP contribution in [0.3, 0.4) is 0 Å². The number of aromatic nitrogens is 2. The molecule has 0 bridgehead atoms. The van der Waals surface area contributed by atoms with E-state index in [4.69, 9.17) is 9.72 Å². The minimum atomic E-state index is -0.0132. The molecule has 2 aromatic heterocycles. The van der Waals surface area contributed by atoms with Gasteiger partial charge in [-0.25, -0.2) is 4.98 Å². The van der Waals surface area contributed by atoms with Crippen LogP contribution in [0.4, 0.5) is 22.7 Å². The maximum atomic E-state index is 6.58. The third-order valence-electron chi connectivity index (χ3n) is 10.5. The van der Waals surface area contributed by atoms with Gasteiger partial charge in [-0.05, 0) is 80.9 Å². The van der Waals surface area contributed by atoms with Gasteiger partial charge in [-0.2, -0.15) is 12.1 Å². The van der Waals surface area contributed by atoms with Gasteiger partial charge in [0.15, 0.2) is 0 Å². The zero-order chi connectivity index (χ0) is 37.9. The molecule has 0 aliphatic carbocycles. The Hall–Kier alpha value is -5.64. The Morgan fingerprint density at radius 3 is 2.09 bits per heavy atom. The predicted molar refractivity (Wildman–Crippen MR) is 227 cm³/mol. The summed E-state index contributed by atoms with van der Waals surface area (Å²) in [5.41, 5.74) is 11.0. The van der Waals surface area contributed by atoms with Crippen LogP contribution >= 0.6 is 0 Å². The zero-order valence-corrected chi connectivity index (χ0v) is 34.7. The number of fused-ring (bicyclic) bond motifs is 4. The molecule has 9 rings (SSSR count). The molecule has 8 aromatic rings. The second-order valence-corrected chi connectivity index (χ2v) is 16.3. The average molecular weight is 911 g/mol. The summed E-state index contributed by atoms with van der Waals surface area (Å²) >= 11 is 0. The van der Waals surface area contributed by atoms with Crippen LogP contribution in [0.2, 0.25) is 0 Å². The van der Waals surface area contributed by atoms with Crippen molar-refractivity contribution >= 4 is 44.6 Å². The topological polar surface area (TPSA) is 33.5 Å². The fourth-order valence-corrected chi connectivity index (χ4v) is 7.42. The molecule has 5 nitrogen and oxygen atoms in total. The summed E-state index contributed by atoms with van der Waals surface area (Å²) in [7, 11) is 0. The predicted octanol–water partition coefficient (Wildman–Crippen LogP) is 13.2. The van der Waals surface area contributed by atoms with Gasteiger partial charge in [-0.1, -0.05) is 114 Å². The van der Waals surface area contributed by atoms with E-state index in [0.717, 1.165) is 50.4 Å². The van der Waals surface area contributed by atoms with Gasteiger partial charge in [0.1, 0.15) is 5.82 Å². The van der Waals surface area contributed by atoms with Crippen LogP contribution in [0.5, 0.6) is 11.5 Å². The second-order valence-electron chi connectivity index (χ2n) is 16.3. The molecular formula is C50H43N4OPt-3. The number of nitrogens with zero attached hydrogens (tertiary/aromatic N) is 4. The van der Waals surface area contributed by atoms with E-state index in [9.17, 15) is 0 Å². The molecule has 282 valence electrons. The Labute approximate surface area is 344 Å². The quantitative estimate of drug-likeness (QED) is 0.156. The average Bonchev–Trinajstić information content (AvgIpc) is 3.73. The summed E-state index contributed by atoms with van der Waals surface area (Å²) in [4.78, 5) is 9.31. The van der Waals surface area contributed by atoms with Gasteiger partial charge in [-0.15, -0.1) is 48.1 Å². The summed E-state index contributed by atoms with van der Waals surface area (Å²) in [6.07, 6.45) is 1.90. The third kappa shape index (κ3) is 6.90.